The summed E-state index contributed by atoms with van der Waals surface area (Å²) in [6.07, 6.45) is 6.04. The number of benzene rings is 2. The lowest BCUT2D eigenvalue weighted by Gasteiger charge is -2.28. The summed E-state index contributed by atoms with van der Waals surface area (Å²) >= 11 is 0. The van der Waals surface area contributed by atoms with Crippen LogP contribution in [0.4, 0.5) is 0 Å². The van der Waals surface area contributed by atoms with Crippen LogP contribution < -0.4 is 0 Å². The zero-order valence-corrected chi connectivity index (χ0v) is 17.1. The largest absolute Gasteiger partial charge is 0.467 e. The average Bonchev–Trinajstić information content (AvgIpc) is 3.60. The van der Waals surface area contributed by atoms with Crippen molar-refractivity contribution in [3.8, 4) is 22.8 Å². The molecule has 1 aliphatic rings. The smallest absolute Gasteiger partial charge is 0.258 e. The maximum atomic E-state index is 13.3. The maximum Gasteiger partial charge on any atom is 0.258 e. The van der Waals surface area contributed by atoms with Crippen LogP contribution in [0.2, 0.25) is 0 Å². The van der Waals surface area contributed by atoms with Crippen LogP contribution in [0.15, 0.2) is 81.9 Å². The van der Waals surface area contributed by atoms with Crippen LogP contribution in [0.1, 0.15) is 41.8 Å². The minimum absolute atomic E-state index is 0.0188. The van der Waals surface area contributed by atoms with Gasteiger partial charge in [0.1, 0.15) is 5.76 Å². The first kappa shape index (κ1) is 19.3. The van der Waals surface area contributed by atoms with Gasteiger partial charge in [-0.2, -0.15) is 4.98 Å². The van der Waals surface area contributed by atoms with Crippen molar-refractivity contribution < 1.29 is 13.7 Å². The number of hydrogen-bond acceptors (Lipinski definition) is 5. The Balaban J connectivity index is 1.36. The second-order valence-corrected chi connectivity index (χ2v) is 7.82. The number of amides is 1. The Morgan fingerprint density at radius 3 is 2.42 bits per heavy atom. The summed E-state index contributed by atoms with van der Waals surface area (Å²) in [5.74, 6) is 1.80. The first-order valence-corrected chi connectivity index (χ1v) is 10.6. The molecule has 1 saturated carbocycles. The zero-order chi connectivity index (χ0) is 21.0. The molecule has 6 heteroatoms. The van der Waals surface area contributed by atoms with Crippen LogP contribution in [0.5, 0.6) is 0 Å². The van der Waals surface area contributed by atoms with E-state index in [2.05, 4.69) is 10.1 Å². The van der Waals surface area contributed by atoms with Gasteiger partial charge in [-0.1, -0.05) is 48.3 Å². The Morgan fingerprint density at radius 1 is 0.935 bits per heavy atom. The fraction of sp³-hybridized carbons (Fsp3) is 0.240. The lowest BCUT2D eigenvalue weighted by atomic mass is 10.1. The lowest BCUT2D eigenvalue weighted by Crippen LogP contribution is -2.38. The summed E-state index contributed by atoms with van der Waals surface area (Å²) in [7, 11) is 0. The van der Waals surface area contributed by atoms with Crippen molar-refractivity contribution in [3.63, 3.8) is 0 Å². The molecule has 156 valence electrons. The van der Waals surface area contributed by atoms with Gasteiger partial charge in [0.2, 0.25) is 5.82 Å². The van der Waals surface area contributed by atoms with E-state index in [0.29, 0.717) is 23.8 Å². The maximum absolute atomic E-state index is 13.3. The van der Waals surface area contributed by atoms with Crippen LogP contribution in [0, 0.1) is 0 Å². The summed E-state index contributed by atoms with van der Waals surface area (Å²) < 4.78 is 10.9. The first-order chi connectivity index (χ1) is 15.3. The Bertz CT molecular complexity index is 1130. The summed E-state index contributed by atoms with van der Waals surface area (Å²) in [5, 5.41) is 4.07. The Hall–Kier alpha value is -3.67. The fourth-order valence-corrected chi connectivity index (χ4v) is 4.12. The molecule has 0 unspecified atom stereocenters. The van der Waals surface area contributed by atoms with Gasteiger partial charge in [-0.3, -0.25) is 4.79 Å². The van der Waals surface area contributed by atoms with Crippen LogP contribution in [0.3, 0.4) is 0 Å². The Kier molecular flexibility index (Phi) is 5.35. The highest BCUT2D eigenvalue weighted by molar-refractivity contribution is 5.94. The summed E-state index contributed by atoms with van der Waals surface area (Å²) in [4.78, 5) is 19.8. The van der Waals surface area contributed by atoms with E-state index in [1.54, 1.807) is 6.26 Å². The SMILES string of the molecule is O=C(c1ccc(-c2nc(-c3ccccc3)no2)cc1)N(Cc1ccco1)C1CCCC1. The number of nitrogens with zero attached hydrogens (tertiary/aromatic N) is 3. The highest BCUT2D eigenvalue weighted by Crippen LogP contribution is 2.28. The Morgan fingerprint density at radius 2 is 1.71 bits per heavy atom. The third-order valence-corrected chi connectivity index (χ3v) is 5.77. The predicted molar refractivity (Wildman–Crippen MR) is 116 cm³/mol. The Labute approximate surface area is 180 Å². The quantitative estimate of drug-likeness (QED) is 0.412. The number of carbonyl (C=O) groups is 1. The minimum Gasteiger partial charge on any atom is -0.467 e. The van der Waals surface area contributed by atoms with E-state index in [1.807, 2.05) is 71.6 Å². The van der Waals surface area contributed by atoms with Crippen LogP contribution in [-0.2, 0) is 6.54 Å². The fourth-order valence-electron chi connectivity index (χ4n) is 4.12. The standard InChI is InChI=1S/C25H23N3O3/c29-25(28(21-9-4-5-10-21)17-22-11-6-16-30-22)20-14-12-19(13-15-20)24-26-23(27-31-24)18-7-2-1-3-8-18/h1-3,6-8,11-16,21H,4-5,9-10,17H2. The van der Waals surface area contributed by atoms with Crippen molar-refractivity contribution in [3.05, 3.63) is 84.3 Å². The van der Waals surface area contributed by atoms with Gasteiger partial charge in [0.05, 0.1) is 12.8 Å². The molecule has 4 aromatic rings. The van der Waals surface area contributed by atoms with E-state index in [1.165, 1.54) is 0 Å². The van der Waals surface area contributed by atoms with Gasteiger partial charge in [0.25, 0.3) is 11.8 Å². The van der Waals surface area contributed by atoms with E-state index in [9.17, 15) is 4.79 Å². The molecule has 6 nitrogen and oxygen atoms in total. The van der Waals surface area contributed by atoms with Crippen molar-refractivity contribution in [2.45, 2.75) is 38.3 Å². The number of carbonyl (C=O) groups excluding carboxylic acids is 1. The van der Waals surface area contributed by atoms with Gasteiger partial charge < -0.3 is 13.8 Å². The van der Waals surface area contributed by atoms with Gasteiger partial charge in [-0.05, 0) is 49.2 Å². The van der Waals surface area contributed by atoms with Crippen molar-refractivity contribution in [2.75, 3.05) is 0 Å². The third kappa shape index (κ3) is 4.14. The summed E-state index contributed by atoms with van der Waals surface area (Å²) in [5.41, 5.74) is 2.32. The number of rotatable bonds is 6. The second kappa shape index (κ2) is 8.60. The topological polar surface area (TPSA) is 72.4 Å². The van der Waals surface area contributed by atoms with E-state index in [0.717, 1.165) is 42.6 Å². The van der Waals surface area contributed by atoms with E-state index >= 15 is 0 Å². The normalized spacial score (nSPS) is 14.1. The van der Waals surface area contributed by atoms with Gasteiger partial charge >= 0.3 is 0 Å². The molecule has 0 radical (unpaired) electrons. The van der Waals surface area contributed by atoms with Crippen LogP contribution in [0.25, 0.3) is 22.8 Å². The molecule has 0 spiro atoms. The molecule has 0 aliphatic heterocycles. The molecule has 2 aromatic heterocycles. The zero-order valence-electron chi connectivity index (χ0n) is 17.1. The molecular formula is C25H23N3O3. The summed E-state index contributed by atoms with van der Waals surface area (Å²) in [6.45, 7) is 0.488. The minimum atomic E-state index is 0.0188. The van der Waals surface area contributed by atoms with E-state index in [-0.39, 0.29) is 11.9 Å². The van der Waals surface area contributed by atoms with Gasteiger partial charge in [0, 0.05) is 22.7 Å². The molecule has 1 aliphatic carbocycles. The predicted octanol–water partition coefficient (Wildman–Crippen LogP) is 5.58. The first-order valence-electron chi connectivity index (χ1n) is 10.6. The van der Waals surface area contributed by atoms with Crippen molar-refractivity contribution >= 4 is 5.91 Å². The molecule has 2 aromatic carbocycles. The highest BCUT2D eigenvalue weighted by Gasteiger charge is 2.28. The monoisotopic (exact) mass is 413 g/mol. The second-order valence-electron chi connectivity index (χ2n) is 7.82. The lowest BCUT2D eigenvalue weighted by molar-refractivity contribution is 0.0649. The van der Waals surface area contributed by atoms with Crippen molar-refractivity contribution in [1.29, 1.82) is 0 Å². The van der Waals surface area contributed by atoms with E-state index in [4.69, 9.17) is 8.94 Å². The third-order valence-electron chi connectivity index (χ3n) is 5.77. The van der Waals surface area contributed by atoms with Gasteiger partial charge in [-0.25, -0.2) is 0 Å². The molecule has 0 saturated heterocycles. The van der Waals surface area contributed by atoms with Crippen LogP contribution in [-0.4, -0.2) is 27.0 Å². The van der Waals surface area contributed by atoms with Crippen molar-refractivity contribution in [2.24, 2.45) is 0 Å². The van der Waals surface area contributed by atoms with Crippen LogP contribution >= 0.6 is 0 Å². The molecule has 0 atom stereocenters. The number of furan rings is 1. The molecule has 0 N–H and O–H groups in total. The van der Waals surface area contributed by atoms with Gasteiger partial charge in [0.15, 0.2) is 0 Å². The molecule has 1 amide bonds. The van der Waals surface area contributed by atoms with Gasteiger partial charge in [-0.15, -0.1) is 0 Å². The van der Waals surface area contributed by atoms with E-state index < -0.39 is 0 Å². The molecule has 5 rings (SSSR count). The average molecular weight is 413 g/mol. The molecule has 31 heavy (non-hydrogen) atoms. The molecular weight excluding hydrogens is 390 g/mol. The number of hydrogen-bond donors (Lipinski definition) is 0. The van der Waals surface area contributed by atoms with Crippen molar-refractivity contribution in [1.82, 2.24) is 15.0 Å². The summed E-state index contributed by atoms with van der Waals surface area (Å²) in [6, 6.07) is 21.1. The highest BCUT2D eigenvalue weighted by atomic mass is 16.5. The number of aromatic nitrogens is 2. The molecule has 2 heterocycles. The molecule has 1 fully saturated rings. The molecule has 0 bridgehead atoms.